The number of aryl methyl sites for hydroxylation is 1. The van der Waals surface area contributed by atoms with E-state index in [9.17, 15) is 13.2 Å². The molecule has 2 fully saturated rings. The van der Waals surface area contributed by atoms with Gasteiger partial charge in [-0.1, -0.05) is 17.7 Å². The first kappa shape index (κ1) is 18.5. The minimum Gasteiger partial charge on any atom is -0.369 e. The molecule has 1 aromatic rings. The first-order chi connectivity index (χ1) is 11.8. The second-order valence-corrected chi connectivity index (χ2v) is 9.53. The minimum absolute atomic E-state index is 0.0700. The molecule has 0 spiro atoms. The van der Waals surface area contributed by atoms with Crippen molar-refractivity contribution in [1.29, 1.82) is 0 Å². The summed E-state index contributed by atoms with van der Waals surface area (Å²) in [5.41, 5.74) is 2.34. The molecule has 1 amide bonds. The molecule has 138 valence electrons. The van der Waals surface area contributed by atoms with E-state index in [2.05, 4.69) is 22.0 Å². The highest BCUT2D eigenvalue weighted by atomic mass is 35.5. The number of nitrogens with one attached hydrogen (secondary N) is 1. The van der Waals surface area contributed by atoms with Gasteiger partial charge in [-0.15, -0.1) is 0 Å². The van der Waals surface area contributed by atoms with E-state index in [1.165, 1.54) is 5.56 Å². The maximum atomic E-state index is 12.1. The van der Waals surface area contributed by atoms with Gasteiger partial charge in [0, 0.05) is 42.9 Å². The second kappa shape index (κ2) is 7.51. The Bertz CT molecular complexity index is 746. The molecule has 1 atom stereocenters. The highest BCUT2D eigenvalue weighted by Crippen LogP contribution is 2.25. The fourth-order valence-corrected chi connectivity index (χ4v) is 5.30. The van der Waals surface area contributed by atoms with Gasteiger partial charge in [0.25, 0.3) is 0 Å². The van der Waals surface area contributed by atoms with Crippen LogP contribution in [0.5, 0.6) is 0 Å². The Balaban J connectivity index is 1.48. The predicted octanol–water partition coefficient (Wildman–Crippen LogP) is 1.07. The lowest BCUT2D eigenvalue weighted by Crippen LogP contribution is -2.50. The molecule has 1 aromatic carbocycles. The molecule has 0 bridgehead atoms. The Morgan fingerprint density at radius 3 is 2.64 bits per heavy atom. The Morgan fingerprint density at radius 2 is 2.00 bits per heavy atom. The van der Waals surface area contributed by atoms with Crippen LogP contribution < -0.4 is 10.2 Å². The molecule has 2 aliphatic rings. The van der Waals surface area contributed by atoms with Crippen LogP contribution in [0.4, 0.5) is 5.69 Å². The first-order valence-electron chi connectivity index (χ1n) is 8.56. The van der Waals surface area contributed by atoms with Gasteiger partial charge in [0.2, 0.25) is 5.91 Å². The van der Waals surface area contributed by atoms with Crippen LogP contribution in [0.2, 0.25) is 5.02 Å². The minimum atomic E-state index is -2.97. The SMILES string of the molecule is Cc1ccc(Cl)cc1N1CCN(CC(=O)N[C@H]2CCS(=O)(=O)C2)CC1. The van der Waals surface area contributed by atoms with Crippen LogP contribution in [-0.2, 0) is 14.6 Å². The molecule has 2 aliphatic heterocycles. The summed E-state index contributed by atoms with van der Waals surface area (Å²) in [4.78, 5) is 16.5. The summed E-state index contributed by atoms with van der Waals surface area (Å²) in [5, 5.41) is 3.58. The smallest absolute Gasteiger partial charge is 0.234 e. The molecule has 2 heterocycles. The highest BCUT2D eigenvalue weighted by molar-refractivity contribution is 7.91. The van der Waals surface area contributed by atoms with Crippen molar-refractivity contribution in [2.45, 2.75) is 19.4 Å². The molecule has 0 radical (unpaired) electrons. The number of benzene rings is 1. The lowest BCUT2D eigenvalue weighted by molar-refractivity contribution is -0.122. The molecule has 0 aromatic heterocycles. The van der Waals surface area contributed by atoms with Gasteiger partial charge in [0.15, 0.2) is 9.84 Å². The zero-order chi connectivity index (χ0) is 18.0. The van der Waals surface area contributed by atoms with Crippen LogP contribution in [0.25, 0.3) is 0 Å². The molecule has 2 saturated heterocycles. The number of carbonyl (C=O) groups excluding carboxylic acids is 1. The van der Waals surface area contributed by atoms with E-state index in [0.29, 0.717) is 13.0 Å². The van der Waals surface area contributed by atoms with E-state index >= 15 is 0 Å². The van der Waals surface area contributed by atoms with Crippen LogP contribution in [-0.4, -0.2) is 69.5 Å². The Labute approximate surface area is 154 Å². The number of hydrogen-bond donors (Lipinski definition) is 1. The monoisotopic (exact) mass is 385 g/mol. The normalized spacial score (nSPS) is 23.6. The summed E-state index contributed by atoms with van der Waals surface area (Å²) >= 11 is 6.10. The molecule has 1 N–H and O–H groups in total. The lowest BCUT2D eigenvalue weighted by atomic mass is 10.1. The summed E-state index contributed by atoms with van der Waals surface area (Å²) in [6.07, 6.45) is 0.524. The molecule has 6 nitrogen and oxygen atoms in total. The van der Waals surface area contributed by atoms with Crippen molar-refractivity contribution in [2.24, 2.45) is 0 Å². The Morgan fingerprint density at radius 1 is 1.28 bits per heavy atom. The average molecular weight is 386 g/mol. The van der Waals surface area contributed by atoms with Gasteiger partial charge >= 0.3 is 0 Å². The van der Waals surface area contributed by atoms with E-state index in [1.807, 2.05) is 18.2 Å². The van der Waals surface area contributed by atoms with Gasteiger partial charge in [0.1, 0.15) is 0 Å². The number of sulfone groups is 1. The molecular formula is C17H24ClN3O3S. The molecule has 25 heavy (non-hydrogen) atoms. The van der Waals surface area contributed by atoms with Crippen LogP contribution in [0.3, 0.4) is 0 Å². The Hall–Kier alpha value is -1.31. The van der Waals surface area contributed by atoms with Crippen molar-refractivity contribution >= 4 is 33.0 Å². The van der Waals surface area contributed by atoms with Crippen LogP contribution in [0.15, 0.2) is 18.2 Å². The number of hydrogen-bond acceptors (Lipinski definition) is 5. The average Bonchev–Trinajstić information content (AvgIpc) is 2.89. The van der Waals surface area contributed by atoms with Crippen molar-refractivity contribution < 1.29 is 13.2 Å². The van der Waals surface area contributed by atoms with E-state index in [1.54, 1.807) is 0 Å². The van der Waals surface area contributed by atoms with Crippen molar-refractivity contribution in [3.8, 4) is 0 Å². The molecule has 0 saturated carbocycles. The standard InChI is InChI=1S/C17H24ClN3O3S/c1-13-2-3-14(18)10-16(13)21-7-5-20(6-8-21)11-17(22)19-15-4-9-25(23,24)12-15/h2-3,10,15H,4-9,11-12H2,1H3,(H,19,22)/t15-/m0/s1. The van der Waals surface area contributed by atoms with E-state index < -0.39 is 9.84 Å². The summed E-state index contributed by atoms with van der Waals surface area (Å²) < 4.78 is 22.9. The second-order valence-electron chi connectivity index (χ2n) is 6.86. The summed E-state index contributed by atoms with van der Waals surface area (Å²) in [7, 11) is -2.97. The summed E-state index contributed by atoms with van der Waals surface area (Å²) in [6, 6.07) is 5.67. The van der Waals surface area contributed by atoms with Crippen molar-refractivity contribution in [3.63, 3.8) is 0 Å². The van der Waals surface area contributed by atoms with Crippen LogP contribution in [0, 0.1) is 6.92 Å². The number of piperazine rings is 1. The number of rotatable bonds is 4. The maximum Gasteiger partial charge on any atom is 0.234 e. The van der Waals surface area contributed by atoms with Gasteiger partial charge in [-0.25, -0.2) is 8.42 Å². The zero-order valence-electron chi connectivity index (χ0n) is 14.4. The number of amides is 1. The Kier molecular flexibility index (Phi) is 5.55. The third-order valence-corrected chi connectivity index (χ3v) is 6.85. The van der Waals surface area contributed by atoms with Crippen molar-refractivity contribution in [3.05, 3.63) is 28.8 Å². The van der Waals surface area contributed by atoms with Gasteiger partial charge in [-0.05, 0) is 31.0 Å². The summed E-state index contributed by atoms with van der Waals surface area (Å²) in [5.74, 6) is 0.158. The quantitative estimate of drug-likeness (QED) is 0.839. The lowest BCUT2D eigenvalue weighted by Gasteiger charge is -2.36. The zero-order valence-corrected chi connectivity index (χ0v) is 15.9. The number of halogens is 1. The van der Waals surface area contributed by atoms with E-state index in [4.69, 9.17) is 11.6 Å². The third kappa shape index (κ3) is 4.86. The fourth-order valence-electron chi connectivity index (χ4n) is 3.46. The summed E-state index contributed by atoms with van der Waals surface area (Å²) in [6.45, 7) is 5.66. The fraction of sp³-hybridized carbons (Fsp3) is 0.588. The van der Waals surface area contributed by atoms with Crippen LogP contribution in [0.1, 0.15) is 12.0 Å². The number of carbonyl (C=O) groups is 1. The molecule has 3 rings (SSSR count). The van der Waals surface area contributed by atoms with Gasteiger partial charge in [0.05, 0.1) is 18.1 Å². The van der Waals surface area contributed by atoms with Crippen molar-refractivity contribution in [2.75, 3.05) is 49.1 Å². The van der Waals surface area contributed by atoms with E-state index in [-0.39, 0.29) is 23.5 Å². The van der Waals surface area contributed by atoms with Crippen molar-refractivity contribution in [1.82, 2.24) is 10.2 Å². The number of nitrogens with zero attached hydrogens (tertiary/aromatic N) is 2. The molecule has 8 heteroatoms. The molecule has 0 unspecified atom stereocenters. The topological polar surface area (TPSA) is 69.7 Å². The largest absolute Gasteiger partial charge is 0.369 e. The third-order valence-electron chi connectivity index (χ3n) is 4.85. The van der Waals surface area contributed by atoms with Crippen LogP contribution >= 0.6 is 11.6 Å². The van der Waals surface area contributed by atoms with E-state index in [0.717, 1.165) is 36.9 Å². The predicted molar refractivity (Wildman–Crippen MR) is 100 cm³/mol. The highest BCUT2D eigenvalue weighted by Gasteiger charge is 2.29. The number of anilines is 1. The first-order valence-corrected chi connectivity index (χ1v) is 10.8. The van der Waals surface area contributed by atoms with Gasteiger partial charge < -0.3 is 10.2 Å². The van der Waals surface area contributed by atoms with Gasteiger partial charge in [-0.2, -0.15) is 0 Å². The molecule has 0 aliphatic carbocycles. The van der Waals surface area contributed by atoms with Gasteiger partial charge in [-0.3, -0.25) is 9.69 Å². The molecular weight excluding hydrogens is 362 g/mol. The maximum absolute atomic E-state index is 12.1.